The first-order chi connectivity index (χ1) is 8.84. The van der Waals surface area contributed by atoms with Crippen LogP contribution in [0.1, 0.15) is 24.2 Å². The number of anilines is 1. The van der Waals surface area contributed by atoms with Crippen molar-refractivity contribution in [2.75, 3.05) is 20.0 Å². The van der Waals surface area contributed by atoms with Gasteiger partial charge in [-0.15, -0.1) is 6.42 Å². The van der Waals surface area contributed by atoms with E-state index in [-0.39, 0.29) is 5.91 Å². The standard InChI is InChI=1S/C14H18N2O3/c1-6-14(2,3)16-13(17)9-7-11(18-4)12(19-5)8-10(9)15/h1,7-8H,15H2,2-5H3,(H,16,17). The number of ether oxygens (including phenoxy) is 2. The molecule has 3 N–H and O–H groups in total. The average Bonchev–Trinajstić information content (AvgIpc) is 2.37. The Balaban J connectivity index is 3.15. The highest BCUT2D eigenvalue weighted by Crippen LogP contribution is 2.31. The molecule has 0 unspecified atom stereocenters. The summed E-state index contributed by atoms with van der Waals surface area (Å²) in [6.07, 6.45) is 5.33. The number of nitrogens with one attached hydrogen (secondary N) is 1. The highest BCUT2D eigenvalue weighted by molar-refractivity contribution is 6.00. The Morgan fingerprint density at radius 1 is 1.32 bits per heavy atom. The summed E-state index contributed by atoms with van der Waals surface area (Å²) in [4.78, 5) is 12.1. The molecule has 1 amide bonds. The van der Waals surface area contributed by atoms with E-state index in [0.29, 0.717) is 22.7 Å². The Kier molecular flexibility index (Phi) is 4.28. The molecule has 0 atom stereocenters. The lowest BCUT2D eigenvalue weighted by atomic mass is 10.1. The number of carbonyl (C=O) groups excluding carboxylic acids is 1. The van der Waals surface area contributed by atoms with E-state index in [1.165, 1.54) is 26.4 Å². The van der Waals surface area contributed by atoms with Crippen molar-refractivity contribution in [2.45, 2.75) is 19.4 Å². The number of nitrogens with two attached hydrogens (primary N) is 1. The maximum atomic E-state index is 12.1. The normalized spacial score (nSPS) is 10.5. The van der Waals surface area contributed by atoms with Gasteiger partial charge in [0.25, 0.3) is 5.91 Å². The number of methoxy groups -OCH3 is 2. The van der Waals surface area contributed by atoms with Gasteiger partial charge in [-0.05, 0) is 19.9 Å². The summed E-state index contributed by atoms with van der Waals surface area (Å²) in [7, 11) is 2.99. The van der Waals surface area contributed by atoms with Crippen LogP contribution in [0.25, 0.3) is 0 Å². The number of hydrogen-bond acceptors (Lipinski definition) is 4. The summed E-state index contributed by atoms with van der Waals surface area (Å²) in [5.41, 5.74) is 5.67. The van der Waals surface area contributed by atoms with Crippen LogP contribution >= 0.6 is 0 Å². The summed E-state index contributed by atoms with van der Waals surface area (Å²) in [5, 5.41) is 2.70. The van der Waals surface area contributed by atoms with Gasteiger partial charge in [0.1, 0.15) is 0 Å². The van der Waals surface area contributed by atoms with Crippen LogP contribution in [0.3, 0.4) is 0 Å². The minimum Gasteiger partial charge on any atom is -0.493 e. The van der Waals surface area contributed by atoms with Crippen LogP contribution in [0, 0.1) is 12.3 Å². The van der Waals surface area contributed by atoms with Crippen molar-refractivity contribution in [3.63, 3.8) is 0 Å². The maximum absolute atomic E-state index is 12.1. The molecule has 19 heavy (non-hydrogen) atoms. The lowest BCUT2D eigenvalue weighted by Gasteiger charge is -2.20. The molecule has 0 aromatic heterocycles. The minimum absolute atomic E-state index is 0.293. The topological polar surface area (TPSA) is 73.6 Å². The van der Waals surface area contributed by atoms with Crippen molar-refractivity contribution in [3.05, 3.63) is 17.7 Å². The van der Waals surface area contributed by atoms with Crippen LogP contribution in [-0.4, -0.2) is 25.7 Å². The predicted molar refractivity (Wildman–Crippen MR) is 74.3 cm³/mol. The minimum atomic E-state index is -0.753. The molecule has 1 aromatic carbocycles. The largest absolute Gasteiger partial charge is 0.493 e. The fourth-order valence-corrected chi connectivity index (χ4v) is 1.48. The molecule has 0 spiro atoms. The zero-order valence-corrected chi connectivity index (χ0v) is 11.5. The molecule has 5 nitrogen and oxygen atoms in total. The molecule has 0 saturated carbocycles. The Labute approximate surface area is 113 Å². The molecular formula is C14H18N2O3. The first-order valence-corrected chi connectivity index (χ1v) is 5.66. The summed E-state index contributed by atoms with van der Waals surface area (Å²) in [5.74, 6) is 3.02. The van der Waals surface area contributed by atoms with Gasteiger partial charge in [-0.25, -0.2) is 0 Å². The number of nitrogen functional groups attached to an aromatic ring is 1. The molecule has 0 aliphatic heterocycles. The molecule has 5 heteroatoms. The van der Waals surface area contributed by atoms with Gasteiger partial charge in [0.2, 0.25) is 0 Å². The molecule has 0 radical (unpaired) electrons. The van der Waals surface area contributed by atoms with Crippen molar-refractivity contribution >= 4 is 11.6 Å². The molecule has 0 fully saturated rings. The second-order valence-corrected chi connectivity index (χ2v) is 4.52. The first kappa shape index (κ1) is 14.7. The second-order valence-electron chi connectivity index (χ2n) is 4.52. The van der Waals surface area contributed by atoms with E-state index in [1.807, 2.05) is 0 Å². The van der Waals surface area contributed by atoms with Crippen molar-refractivity contribution < 1.29 is 14.3 Å². The van der Waals surface area contributed by atoms with E-state index in [4.69, 9.17) is 21.6 Å². The van der Waals surface area contributed by atoms with Crippen LogP contribution in [0.2, 0.25) is 0 Å². The SMILES string of the molecule is C#CC(C)(C)NC(=O)c1cc(OC)c(OC)cc1N. The number of amides is 1. The van der Waals surface area contributed by atoms with Gasteiger partial charge in [-0.3, -0.25) is 4.79 Å². The molecule has 0 aliphatic carbocycles. The van der Waals surface area contributed by atoms with Crippen molar-refractivity contribution in [3.8, 4) is 23.8 Å². The van der Waals surface area contributed by atoms with Gasteiger partial charge in [0, 0.05) is 11.8 Å². The van der Waals surface area contributed by atoms with Gasteiger partial charge < -0.3 is 20.5 Å². The molecule has 0 saturated heterocycles. The average molecular weight is 262 g/mol. The smallest absolute Gasteiger partial charge is 0.254 e. The van der Waals surface area contributed by atoms with Crippen LogP contribution in [0.5, 0.6) is 11.5 Å². The zero-order chi connectivity index (χ0) is 14.6. The number of terminal acetylenes is 1. The predicted octanol–water partition coefficient (Wildman–Crippen LogP) is 1.43. The number of carbonyl (C=O) groups is 1. The van der Waals surface area contributed by atoms with E-state index >= 15 is 0 Å². The highest BCUT2D eigenvalue weighted by Gasteiger charge is 2.21. The molecular weight excluding hydrogens is 244 g/mol. The van der Waals surface area contributed by atoms with E-state index in [0.717, 1.165) is 0 Å². The molecule has 0 heterocycles. The molecule has 0 bridgehead atoms. The first-order valence-electron chi connectivity index (χ1n) is 5.66. The summed E-state index contributed by atoms with van der Waals surface area (Å²) < 4.78 is 10.2. The van der Waals surface area contributed by atoms with Gasteiger partial charge in [-0.2, -0.15) is 0 Å². The number of hydrogen-bond donors (Lipinski definition) is 2. The molecule has 1 aromatic rings. The molecule has 0 aliphatic rings. The van der Waals surface area contributed by atoms with Crippen LogP contribution in [0.15, 0.2) is 12.1 Å². The fraction of sp³-hybridized carbons (Fsp3) is 0.357. The van der Waals surface area contributed by atoms with Gasteiger partial charge >= 0.3 is 0 Å². The molecule has 102 valence electrons. The third kappa shape index (κ3) is 3.32. The van der Waals surface area contributed by atoms with Crippen LogP contribution in [0.4, 0.5) is 5.69 Å². The summed E-state index contributed by atoms with van der Waals surface area (Å²) in [6.45, 7) is 3.45. The zero-order valence-electron chi connectivity index (χ0n) is 11.5. The Bertz CT molecular complexity index is 530. The van der Waals surface area contributed by atoms with Gasteiger partial charge in [-0.1, -0.05) is 5.92 Å². The monoisotopic (exact) mass is 262 g/mol. The van der Waals surface area contributed by atoms with E-state index < -0.39 is 5.54 Å². The summed E-state index contributed by atoms with van der Waals surface area (Å²) >= 11 is 0. The van der Waals surface area contributed by atoms with E-state index in [2.05, 4.69) is 11.2 Å². The maximum Gasteiger partial charge on any atom is 0.254 e. The van der Waals surface area contributed by atoms with E-state index in [9.17, 15) is 4.79 Å². The fourth-order valence-electron chi connectivity index (χ4n) is 1.48. The van der Waals surface area contributed by atoms with E-state index in [1.54, 1.807) is 13.8 Å². The lowest BCUT2D eigenvalue weighted by Crippen LogP contribution is -2.42. The van der Waals surface area contributed by atoms with Crippen molar-refractivity contribution in [1.29, 1.82) is 0 Å². The quantitative estimate of drug-likeness (QED) is 0.636. The number of benzene rings is 1. The van der Waals surface area contributed by atoms with Crippen molar-refractivity contribution in [2.24, 2.45) is 0 Å². The van der Waals surface area contributed by atoms with Crippen LogP contribution in [-0.2, 0) is 0 Å². The van der Waals surface area contributed by atoms with Gasteiger partial charge in [0.15, 0.2) is 11.5 Å². The highest BCUT2D eigenvalue weighted by atomic mass is 16.5. The van der Waals surface area contributed by atoms with Gasteiger partial charge in [0.05, 0.1) is 25.3 Å². The Morgan fingerprint density at radius 2 is 1.84 bits per heavy atom. The second kappa shape index (κ2) is 5.53. The molecule has 1 rings (SSSR count). The number of rotatable bonds is 4. The Morgan fingerprint density at radius 3 is 2.32 bits per heavy atom. The summed E-state index contributed by atoms with van der Waals surface area (Å²) in [6, 6.07) is 3.06. The lowest BCUT2D eigenvalue weighted by molar-refractivity contribution is 0.0930. The Hall–Kier alpha value is -2.35. The third-order valence-electron chi connectivity index (χ3n) is 2.59. The van der Waals surface area contributed by atoms with Crippen LogP contribution < -0.4 is 20.5 Å². The third-order valence-corrected chi connectivity index (χ3v) is 2.59. The van der Waals surface area contributed by atoms with Crippen molar-refractivity contribution in [1.82, 2.24) is 5.32 Å².